The van der Waals surface area contributed by atoms with E-state index >= 15 is 0 Å². The molecule has 2 aromatic rings. The van der Waals surface area contributed by atoms with E-state index in [1.807, 2.05) is 0 Å². The quantitative estimate of drug-likeness (QED) is 0.0274. The molecule has 1 aliphatic heterocycles. The van der Waals surface area contributed by atoms with Gasteiger partial charge in [-0.05, 0) is 103 Å². The maximum atomic E-state index is 14.4. The number of likely N-dealkylation sites (tertiary alicyclic amines) is 1. The molecule has 0 aliphatic carbocycles. The van der Waals surface area contributed by atoms with Crippen LogP contribution in [-0.2, 0) is 94.3 Å². The summed E-state index contributed by atoms with van der Waals surface area (Å²) in [5.74, 6) is -19.4. The predicted molar refractivity (Wildman–Crippen MR) is 361 cm³/mol. The minimum Gasteiger partial charge on any atom is -0.508 e. The number of carboxylic acids is 2. The molecule has 1 fully saturated rings. The van der Waals surface area contributed by atoms with E-state index in [0.717, 1.165) is 25.7 Å². The van der Waals surface area contributed by atoms with Crippen LogP contribution in [0.4, 0.5) is 0 Å². The van der Waals surface area contributed by atoms with Crippen molar-refractivity contribution in [3.05, 3.63) is 65.7 Å². The number of phenolic OH excluding ortho intramolecular Hbond substituents is 1. The molecule has 15 amide bonds. The van der Waals surface area contributed by atoms with Gasteiger partial charge in [0.05, 0.1) is 44.2 Å². The van der Waals surface area contributed by atoms with Crippen LogP contribution in [0.3, 0.4) is 0 Å². The number of nitrogens with zero attached hydrogens (tertiary/aromatic N) is 1. The summed E-state index contributed by atoms with van der Waals surface area (Å²) in [7, 11) is 0. The van der Waals surface area contributed by atoms with Gasteiger partial charge in [-0.25, -0.2) is 4.79 Å². The lowest BCUT2D eigenvalue weighted by Crippen LogP contribution is -2.63. The molecule has 40 heteroatoms. The molecule has 26 N–H and O–H groups in total. The normalized spacial score (nSPS) is 16.5. The summed E-state index contributed by atoms with van der Waals surface area (Å²) < 4.78 is 0. The van der Waals surface area contributed by atoms with Crippen molar-refractivity contribution in [3.63, 3.8) is 0 Å². The monoisotopic (exact) mass is 1470 g/mol. The van der Waals surface area contributed by atoms with Gasteiger partial charge in [0.15, 0.2) is 0 Å². The first-order valence-corrected chi connectivity index (χ1v) is 33.0. The Bertz CT molecular complexity index is 3380. The number of carbonyl (C=O) groups is 17. The molecule has 1 aliphatic rings. The van der Waals surface area contributed by atoms with Crippen LogP contribution in [0.15, 0.2) is 54.6 Å². The Morgan fingerprint density at radius 3 is 1.48 bits per heavy atom. The number of hydrogen-bond donors (Lipinski definition) is 22. The Hall–Kier alpha value is -11.0. The molecule has 3 rings (SSSR count). The molecule has 104 heavy (non-hydrogen) atoms. The van der Waals surface area contributed by atoms with Crippen molar-refractivity contribution in [1.29, 1.82) is 0 Å². The van der Waals surface area contributed by atoms with Crippen LogP contribution in [0.2, 0.25) is 0 Å². The van der Waals surface area contributed by atoms with E-state index in [9.17, 15) is 112 Å². The Kier molecular flexibility index (Phi) is 36.2. The van der Waals surface area contributed by atoms with Crippen molar-refractivity contribution in [2.45, 2.75) is 196 Å². The zero-order valence-corrected chi connectivity index (χ0v) is 57.8. The molecule has 0 radical (unpaired) electrons. The number of carboxylic acid groups (broad SMARTS) is 2. The summed E-state index contributed by atoms with van der Waals surface area (Å²) in [6.45, 7) is 4.40. The number of carbonyl (C=O) groups excluding carboxylic acids is 15. The molecule has 0 bridgehead atoms. The van der Waals surface area contributed by atoms with Crippen molar-refractivity contribution in [1.82, 2.24) is 68.7 Å². The summed E-state index contributed by atoms with van der Waals surface area (Å²) in [6.07, 6.45) is -7.46. The Morgan fingerprint density at radius 1 is 0.490 bits per heavy atom. The van der Waals surface area contributed by atoms with Gasteiger partial charge in [0.1, 0.15) is 78.3 Å². The second-order valence-electron chi connectivity index (χ2n) is 24.7. The number of nitrogens with one attached hydrogen (secondary N) is 12. The third-order valence-electron chi connectivity index (χ3n) is 16.0. The molecule has 15 atom stereocenters. The summed E-state index contributed by atoms with van der Waals surface area (Å²) in [5, 5.41) is 88.3. The highest BCUT2D eigenvalue weighted by atomic mass is 16.4. The van der Waals surface area contributed by atoms with Crippen LogP contribution in [0, 0.1) is 0 Å². The van der Waals surface area contributed by atoms with E-state index < -0.39 is 230 Å². The van der Waals surface area contributed by atoms with Gasteiger partial charge in [-0.1, -0.05) is 42.5 Å². The molecule has 0 saturated carbocycles. The Balaban J connectivity index is 1.81. The number of hydrogen-bond acceptors (Lipinski definition) is 23. The van der Waals surface area contributed by atoms with Crippen LogP contribution < -0.4 is 86.7 Å². The fourth-order valence-corrected chi connectivity index (χ4v) is 10.2. The number of phenols is 1. The maximum Gasteiger partial charge on any atom is 0.326 e. The average Bonchev–Trinajstić information content (AvgIpc) is 1.13. The SMILES string of the molecule is C[C@H](NC(=O)[C@H](CC(=O)O)NC(=O)[C@@H](NC(=O)[C@H](Cc1ccc(O)cc1)NC(=O)[C@@H](NC(=O)[C@H](Cc1ccccc1)NC(=O)CNC(=O)[C@@H]1CCCN1C(=O)[C@H](C)NC(=O)[C@H](CCC(N)=O)NC(=O)CNC(=O)[C@@H](N)[C@@H](C)O)[C@@H](C)O)[C@@H](C)O)C(=O)N[C@@H](CC(N)=O)C(=O)N[C@@H](CCCCN)C(=O)O. The number of aliphatic carboxylic acids is 2. The first-order chi connectivity index (χ1) is 48.8. The number of aromatic hydroxyl groups is 1. The van der Waals surface area contributed by atoms with E-state index in [0.29, 0.717) is 12.0 Å². The number of amides is 15. The van der Waals surface area contributed by atoms with Crippen LogP contribution in [0.25, 0.3) is 0 Å². The van der Waals surface area contributed by atoms with E-state index in [1.165, 1.54) is 38.1 Å². The zero-order valence-electron chi connectivity index (χ0n) is 57.8. The van der Waals surface area contributed by atoms with Crippen molar-refractivity contribution < 1.29 is 112 Å². The highest BCUT2D eigenvalue weighted by Crippen LogP contribution is 2.20. The molecule has 0 unspecified atom stereocenters. The van der Waals surface area contributed by atoms with E-state index in [4.69, 9.17) is 22.9 Å². The van der Waals surface area contributed by atoms with Crippen molar-refractivity contribution in [3.8, 4) is 5.75 Å². The highest BCUT2D eigenvalue weighted by Gasteiger charge is 2.40. The lowest BCUT2D eigenvalue weighted by Gasteiger charge is -2.29. The second-order valence-corrected chi connectivity index (χ2v) is 24.7. The number of primary amides is 2. The topological polar surface area (TPSA) is 663 Å². The minimum absolute atomic E-state index is 0.0130. The van der Waals surface area contributed by atoms with Crippen LogP contribution in [0.5, 0.6) is 5.75 Å². The van der Waals surface area contributed by atoms with E-state index in [1.54, 1.807) is 30.3 Å². The van der Waals surface area contributed by atoms with Gasteiger partial charge in [-0.2, -0.15) is 0 Å². The van der Waals surface area contributed by atoms with Gasteiger partial charge in [-0.15, -0.1) is 0 Å². The molecule has 574 valence electrons. The van der Waals surface area contributed by atoms with Crippen LogP contribution in [-0.4, -0.2) is 253 Å². The van der Waals surface area contributed by atoms with Crippen LogP contribution >= 0.6 is 0 Å². The number of rotatable bonds is 44. The second kappa shape index (κ2) is 43.1. The third kappa shape index (κ3) is 29.9. The highest BCUT2D eigenvalue weighted by molar-refractivity contribution is 6.01. The van der Waals surface area contributed by atoms with Gasteiger partial charge < -0.3 is 122 Å². The maximum absolute atomic E-state index is 14.4. The molecule has 40 nitrogen and oxygen atoms in total. The van der Waals surface area contributed by atoms with Crippen molar-refractivity contribution >= 4 is 101 Å². The minimum atomic E-state index is -2.09. The van der Waals surface area contributed by atoms with Gasteiger partial charge in [0, 0.05) is 25.8 Å². The lowest BCUT2D eigenvalue weighted by molar-refractivity contribution is -0.142. The molecule has 1 heterocycles. The number of nitrogens with two attached hydrogens (primary N) is 4. The molecule has 1 saturated heterocycles. The first-order valence-electron chi connectivity index (χ1n) is 33.0. The van der Waals surface area contributed by atoms with Gasteiger partial charge in [0.2, 0.25) is 88.6 Å². The molecule has 2 aromatic carbocycles. The number of aliphatic hydroxyl groups excluding tert-OH is 3. The number of benzene rings is 2. The first kappa shape index (κ1) is 87.2. The molecular weight excluding hydrogens is 1370 g/mol. The molecular formula is C64H95N17O23. The Morgan fingerprint density at radius 2 is 0.962 bits per heavy atom. The number of unbranched alkanes of at least 4 members (excludes halogenated alkanes) is 1. The van der Waals surface area contributed by atoms with E-state index in [-0.39, 0.29) is 62.9 Å². The van der Waals surface area contributed by atoms with Crippen LogP contribution in [0.1, 0.15) is 104 Å². The summed E-state index contributed by atoms with van der Waals surface area (Å²) >= 11 is 0. The van der Waals surface area contributed by atoms with Crippen molar-refractivity contribution in [2.24, 2.45) is 22.9 Å². The number of aliphatic hydroxyl groups is 3. The fourth-order valence-electron chi connectivity index (χ4n) is 10.2. The van der Waals surface area contributed by atoms with E-state index in [2.05, 4.69) is 63.8 Å². The van der Waals surface area contributed by atoms with Gasteiger partial charge >= 0.3 is 11.9 Å². The Labute approximate surface area is 596 Å². The summed E-state index contributed by atoms with van der Waals surface area (Å²) in [4.78, 5) is 225. The summed E-state index contributed by atoms with van der Waals surface area (Å²) in [6, 6.07) is -6.74. The summed E-state index contributed by atoms with van der Waals surface area (Å²) in [5.41, 5.74) is 22.3. The van der Waals surface area contributed by atoms with Gasteiger partial charge in [-0.3, -0.25) is 76.7 Å². The largest absolute Gasteiger partial charge is 0.508 e. The zero-order chi connectivity index (χ0) is 78.2. The van der Waals surface area contributed by atoms with Crippen molar-refractivity contribution in [2.75, 3.05) is 26.2 Å². The molecule has 0 aromatic heterocycles. The standard InChI is InChI=1S/C64H95N17O23/c1-30(53(92)76-42(26-46(67)87)56(95)75-39(64(103)104)14-9-10-22-65)71-55(94)43(27-49(90)91)78-62(101)52(34(5)84)80-58(97)41(25-36-16-18-37(85)19-17-36)77-61(100)51(33(4)83)79-57(96)40(24-35-12-7-6-8-13-35)74-48(89)28-69-59(98)44-15-11-23-81(44)63(102)31(2)72-54(93)38(20-21-45(66)86)73-47(88)29-70-60(99)50(68)32(3)82/h6-8,12-13,16-19,30-34,38-44,50-52,82-85H,9-11,14-15,20-29,65,68H2,1-5H3,(H2,66,86)(H2,67,87)(H,69,98)(H,70,99)(H,71,94)(H,72,93)(H,73,88)(H,74,89)(H,75,95)(H,76,92)(H,77,100)(H,78,101)(H,79,96)(H,80,97)(H,90,91)(H,103,104)/t30-,31-,32+,33+,34+,38-,39-,40-,41-,42-,43-,44-,50-,51-,52-/m0/s1. The lowest BCUT2D eigenvalue weighted by atomic mass is 10.0. The smallest absolute Gasteiger partial charge is 0.326 e. The molecule has 0 spiro atoms. The fraction of sp³-hybridized carbons (Fsp3) is 0.547. The van der Waals surface area contributed by atoms with Gasteiger partial charge in [0.25, 0.3) is 0 Å². The predicted octanol–water partition coefficient (Wildman–Crippen LogP) is -9.41. The average molecular weight is 1470 g/mol. The third-order valence-corrected chi connectivity index (χ3v) is 16.0.